The fourth-order valence-corrected chi connectivity index (χ4v) is 2.10. The highest BCUT2D eigenvalue weighted by Crippen LogP contribution is 2.33. The quantitative estimate of drug-likeness (QED) is 0.880. The van der Waals surface area contributed by atoms with Gasteiger partial charge in [-0.3, -0.25) is 4.39 Å². The molecule has 0 aromatic heterocycles. The summed E-state index contributed by atoms with van der Waals surface area (Å²) in [6.45, 7) is -0.423. The van der Waals surface area contributed by atoms with E-state index in [1.807, 2.05) is 36.4 Å². The molecule has 2 rings (SSSR count). The largest absolute Gasteiger partial charge is 0.496 e. The molecule has 90 valence electrons. The molecule has 2 aromatic rings. The summed E-state index contributed by atoms with van der Waals surface area (Å²) in [5, 5.41) is 2.13. The van der Waals surface area contributed by atoms with Gasteiger partial charge in [0, 0.05) is 11.6 Å². The normalized spacial score (nSPS) is 12.6. The van der Waals surface area contributed by atoms with Crippen molar-refractivity contribution in [2.24, 2.45) is 5.73 Å². The molecule has 0 aliphatic rings. The lowest BCUT2D eigenvalue weighted by molar-refractivity contribution is 0.397. The number of hydrogen-bond acceptors (Lipinski definition) is 2. The molecule has 0 saturated heterocycles. The van der Waals surface area contributed by atoms with Crippen molar-refractivity contribution in [2.45, 2.75) is 12.5 Å². The van der Waals surface area contributed by atoms with E-state index < -0.39 is 6.67 Å². The number of hydrogen-bond donors (Lipinski definition) is 1. The topological polar surface area (TPSA) is 35.2 Å². The lowest BCUT2D eigenvalue weighted by Crippen LogP contribution is -2.12. The number of nitrogens with two attached hydrogens (primary N) is 1. The second kappa shape index (κ2) is 5.15. The molecule has 17 heavy (non-hydrogen) atoms. The first kappa shape index (κ1) is 11.9. The SMILES string of the molecule is COc1ccc2ccccc2c1[C@H](N)CCF. The van der Waals surface area contributed by atoms with Gasteiger partial charge >= 0.3 is 0 Å². The van der Waals surface area contributed by atoms with Crippen molar-refractivity contribution in [2.75, 3.05) is 13.8 Å². The lowest BCUT2D eigenvalue weighted by Gasteiger charge is -2.17. The van der Waals surface area contributed by atoms with Gasteiger partial charge in [-0.1, -0.05) is 30.3 Å². The minimum atomic E-state index is -0.423. The summed E-state index contributed by atoms with van der Waals surface area (Å²) in [6.07, 6.45) is 0.310. The lowest BCUT2D eigenvalue weighted by atomic mass is 9.96. The molecule has 0 aliphatic heterocycles. The summed E-state index contributed by atoms with van der Waals surface area (Å²) in [7, 11) is 1.61. The van der Waals surface area contributed by atoms with Crippen LogP contribution < -0.4 is 10.5 Å². The second-order valence-electron chi connectivity index (χ2n) is 3.99. The highest BCUT2D eigenvalue weighted by atomic mass is 19.1. The van der Waals surface area contributed by atoms with Crippen LogP contribution in [0.3, 0.4) is 0 Å². The third kappa shape index (κ3) is 2.24. The number of methoxy groups -OCH3 is 1. The van der Waals surface area contributed by atoms with Crippen LogP contribution in [0.25, 0.3) is 10.8 Å². The van der Waals surface area contributed by atoms with Crippen LogP contribution >= 0.6 is 0 Å². The first-order valence-electron chi connectivity index (χ1n) is 5.65. The molecule has 0 saturated carbocycles. The van der Waals surface area contributed by atoms with E-state index in [-0.39, 0.29) is 6.04 Å². The summed E-state index contributed by atoms with van der Waals surface area (Å²) in [6, 6.07) is 11.5. The van der Waals surface area contributed by atoms with E-state index in [1.165, 1.54) is 0 Å². The third-order valence-electron chi connectivity index (χ3n) is 2.94. The molecule has 2 nitrogen and oxygen atoms in total. The van der Waals surface area contributed by atoms with Crippen molar-refractivity contribution in [3.63, 3.8) is 0 Å². The summed E-state index contributed by atoms with van der Waals surface area (Å²) in [5.41, 5.74) is 6.92. The smallest absolute Gasteiger partial charge is 0.124 e. The minimum Gasteiger partial charge on any atom is -0.496 e. The molecule has 0 heterocycles. The molecule has 2 N–H and O–H groups in total. The maximum Gasteiger partial charge on any atom is 0.124 e. The van der Waals surface area contributed by atoms with E-state index in [0.717, 1.165) is 22.1 Å². The molecule has 0 spiro atoms. The Bertz CT molecular complexity index is 513. The Morgan fingerprint density at radius 3 is 2.71 bits per heavy atom. The Hall–Kier alpha value is -1.61. The van der Waals surface area contributed by atoms with Gasteiger partial charge in [-0.15, -0.1) is 0 Å². The Kier molecular flexibility index (Phi) is 3.59. The zero-order valence-corrected chi connectivity index (χ0v) is 9.82. The number of rotatable bonds is 4. The molecule has 2 aromatic carbocycles. The van der Waals surface area contributed by atoms with Crippen LogP contribution in [0.1, 0.15) is 18.0 Å². The van der Waals surface area contributed by atoms with E-state index in [0.29, 0.717) is 6.42 Å². The van der Waals surface area contributed by atoms with E-state index in [1.54, 1.807) is 7.11 Å². The van der Waals surface area contributed by atoms with Crippen LogP contribution in [0.5, 0.6) is 5.75 Å². The van der Waals surface area contributed by atoms with Gasteiger partial charge in [0.1, 0.15) is 5.75 Å². The number of benzene rings is 2. The van der Waals surface area contributed by atoms with Gasteiger partial charge in [-0.25, -0.2) is 0 Å². The van der Waals surface area contributed by atoms with Crippen LogP contribution in [0.4, 0.5) is 4.39 Å². The van der Waals surface area contributed by atoms with Gasteiger partial charge in [-0.2, -0.15) is 0 Å². The predicted molar refractivity (Wildman–Crippen MR) is 68.0 cm³/mol. The first-order valence-corrected chi connectivity index (χ1v) is 5.65. The maximum absolute atomic E-state index is 12.4. The molecular formula is C14H16FNO. The van der Waals surface area contributed by atoms with E-state index in [4.69, 9.17) is 10.5 Å². The Morgan fingerprint density at radius 2 is 2.00 bits per heavy atom. The standard InChI is InChI=1S/C14H16FNO/c1-17-13-7-6-10-4-2-3-5-11(10)14(13)12(16)8-9-15/h2-7,12H,8-9,16H2,1H3/t12-/m1/s1. The van der Waals surface area contributed by atoms with Crippen LogP contribution in [-0.2, 0) is 0 Å². The maximum atomic E-state index is 12.4. The monoisotopic (exact) mass is 233 g/mol. The molecule has 3 heteroatoms. The van der Waals surface area contributed by atoms with Gasteiger partial charge in [0.25, 0.3) is 0 Å². The van der Waals surface area contributed by atoms with Crippen LogP contribution in [0, 0.1) is 0 Å². The molecule has 0 fully saturated rings. The molecule has 1 atom stereocenters. The molecule has 0 amide bonds. The highest BCUT2D eigenvalue weighted by Gasteiger charge is 2.15. The van der Waals surface area contributed by atoms with Gasteiger partial charge in [0.15, 0.2) is 0 Å². The summed E-state index contributed by atoms with van der Waals surface area (Å²) in [5.74, 6) is 0.727. The molecular weight excluding hydrogens is 217 g/mol. The van der Waals surface area contributed by atoms with Gasteiger partial charge in [0.05, 0.1) is 13.8 Å². The number of alkyl halides is 1. The van der Waals surface area contributed by atoms with Crippen molar-refractivity contribution in [3.8, 4) is 5.75 Å². The van der Waals surface area contributed by atoms with Crippen molar-refractivity contribution >= 4 is 10.8 Å². The first-order chi connectivity index (χ1) is 8.27. The molecule has 0 unspecified atom stereocenters. The Balaban J connectivity index is 2.62. The fraction of sp³-hybridized carbons (Fsp3) is 0.286. The molecule has 0 bridgehead atoms. The van der Waals surface area contributed by atoms with Crippen molar-refractivity contribution < 1.29 is 9.13 Å². The van der Waals surface area contributed by atoms with E-state index in [9.17, 15) is 4.39 Å². The van der Waals surface area contributed by atoms with E-state index in [2.05, 4.69) is 0 Å². The zero-order chi connectivity index (χ0) is 12.3. The summed E-state index contributed by atoms with van der Waals surface area (Å²) in [4.78, 5) is 0. The van der Waals surface area contributed by atoms with Gasteiger partial charge < -0.3 is 10.5 Å². The van der Waals surface area contributed by atoms with Crippen LogP contribution in [0.2, 0.25) is 0 Å². The third-order valence-corrected chi connectivity index (χ3v) is 2.94. The molecule has 0 radical (unpaired) electrons. The summed E-state index contributed by atoms with van der Waals surface area (Å²) >= 11 is 0. The van der Waals surface area contributed by atoms with Crippen LogP contribution in [0.15, 0.2) is 36.4 Å². The number of halogens is 1. The average Bonchev–Trinajstić information content (AvgIpc) is 2.37. The van der Waals surface area contributed by atoms with Gasteiger partial charge in [0.2, 0.25) is 0 Å². The van der Waals surface area contributed by atoms with Crippen molar-refractivity contribution in [3.05, 3.63) is 42.0 Å². The predicted octanol–water partition coefficient (Wildman–Crippen LogP) is 3.21. The van der Waals surface area contributed by atoms with Crippen LogP contribution in [-0.4, -0.2) is 13.8 Å². The fourth-order valence-electron chi connectivity index (χ4n) is 2.10. The number of fused-ring (bicyclic) bond motifs is 1. The molecule has 0 aliphatic carbocycles. The zero-order valence-electron chi connectivity index (χ0n) is 9.82. The minimum absolute atomic E-state index is 0.310. The highest BCUT2D eigenvalue weighted by molar-refractivity contribution is 5.88. The second-order valence-corrected chi connectivity index (χ2v) is 3.99. The van der Waals surface area contributed by atoms with Crippen molar-refractivity contribution in [1.29, 1.82) is 0 Å². The Labute approximate surface area is 100 Å². The average molecular weight is 233 g/mol. The van der Waals surface area contributed by atoms with Gasteiger partial charge in [-0.05, 0) is 23.3 Å². The summed E-state index contributed by atoms with van der Waals surface area (Å²) < 4.78 is 17.8. The van der Waals surface area contributed by atoms with Crippen molar-refractivity contribution in [1.82, 2.24) is 0 Å². The van der Waals surface area contributed by atoms with E-state index >= 15 is 0 Å². The Morgan fingerprint density at radius 1 is 1.24 bits per heavy atom. The number of ether oxygens (including phenoxy) is 1.